The summed E-state index contributed by atoms with van der Waals surface area (Å²) >= 11 is 6.54. The van der Waals surface area contributed by atoms with Crippen LogP contribution in [0.4, 0.5) is 0 Å². The van der Waals surface area contributed by atoms with E-state index in [1.807, 2.05) is 12.1 Å². The van der Waals surface area contributed by atoms with Gasteiger partial charge in [0.15, 0.2) is 0 Å². The van der Waals surface area contributed by atoms with Crippen molar-refractivity contribution in [3.8, 4) is 12.1 Å². The maximum Gasteiger partial charge on any atom is 0.221 e. The van der Waals surface area contributed by atoms with Gasteiger partial charge in [0.25, 0.3) is 0 Å². The minimum absolute atomic E-state index is 0.423. The molecule has 0 heterocycles. The Kier molecular flexibility index (Phi) is 6.03. The average Bonchev–Trinajstić information content (AvgIpc) is 2.59. The van der Waals surface area contributed by atoms with Crippen molar-refractivity contribution < 1.29 is 9.59 Å². The van der Waals surface area contributed by atoms with E-state index < -0.39 is 23.4 Å². The first-order valence-electron chi connectivity index (χ1n) is 6.86. The van der Waals surface area contributed by atoms with Crippen LogP contribution in [-0.4, -0.2) is 11.6 Å². The predicted octanol–water partition coefficient (Wildman–Crippen LogP) is 4.26. The summed E-state index contributed by atoms with van der Waals surface area (Å²) in [5.41, 5.74) is 0.845. The van der Waals surface area contributed by atoms with E-state index in [0.717, 1.165) is 8.95 Å². The van der Waals surface area contributed by atoms with E-state index >= 15 is 0 Å². The van der Waals surface area contributed by atoms with Crippen LogP contribution in [0, 0.1) is 22.7 Å². The van der Waals surface area contributed by atoms with Crippen LogP contribution in [0.15, 0.2) is 57.5 Å². The zero-order chi connectivity index (χ0) is 17.7. The molecule has 0 fully saturated rings. The Morgan fingerprint density at radius 3 is 1.25 bits per heavy atom. The lowest BCUT2D eigenvalue weighted by Crippen LogP contribution is -2.26. The van der Waals surface area contributed by atoms with Crippen LogP contribution in [0.25, 0.3) is 0 Å². The highest BCUT2D eigenvalue weighted by Gasteiger charge is 2.33. The summed E-state index contributed by atoms with van der Waals surface area (Å²) in [6.07, 6.45) is 0. The Balaban J connectivity index is 2.30. The van der Waals surface area contributed by atoms with Gasteiger partial charge in [0.1, 0.15) is 11.8 Å². The minimum Gasteiger partial charge on any atom is -0.289 e. The van der Waals surface area contributed by atoms with Gasteiger partial charge in [0.05, 0.1) is 12.1 Å². The van der Waals surface area contributed by atoms with Crippen molar-refractivity contribution in [2.24, 2.45) is 0 Å². The number of ketones is 2. The third-order valence-corrected chi connectivity index (χ3v) is 4.49. The van der Waals surface area contributed by atoms with E-state index in [2.05, 4.69) is 31.9 Å². The number of halogens is 2. The van der Waals surface area contributed by atoms with Gasteiger partial charge in [-0.05, 0) is 35.4 Å². The van der Waals surface area contributed by atoms with Crippen molar-refractivity contribution in [2.75, 3.05) is 0 Å². The van der Waals surface area contributed by atoms with Gasteiger partial charge in [-0.3, -0.25) is 9.59 Å². The van der Waals surface area contributed by atoms with Gasteiger partial charge < -0.3 is 0 Å². The maximum absolute atomic E-state index is 12.5. The lowest BCUT2D eigenvalue weighted by atomic mass is 9.86. The second-order valence-corrected chi connectivity index (χ2v) is 6.79. The molecule has 0 spiro atoms. The fourth-order valence-electron chi connectivity index (χ4n) is 2.16. The highest BCUT2D eigenvalue weighted by Crippen LogP contribution is 2.25. The van der Waals surface area contributed by atoms with Crippen molar-refractivity contribution in [2.45, 2.75) is 11.8 Å². The Morgan fingerprint density at radius 2 is 1.00 bits per heavy atom. The molecular formula is C18H10Br2N2O2. The summed E-state index contributed by atoms with van der Waals surface area (Å²) in [5, 5.41) is 18.6. The van der Waals surface area contributed by atoms with Crippen LogP contribution < -0.4 is 0 Å². The van der Waals surface area contributed by atoms with E-state index in [9.17, 15) is 20.1 Å². The van der Waals surface area contributed by atoms with Gasteiger partial charge in [-0.1, -0.05) is 56.1 Å². The first kappa shape index (κ1) is 18.1. The second kappa shape index (κ2) is 8.01. The second-order valence-electron chi connectivity index (χ2n) is 4.96. The zero-order valence-electron chi connectivity index (χ0n) is 12.2. The minimum atomic E-state index is -1.23. The highest BCUT2D eigenvalue weighted by atomic mass is 79.9. The smallest absolute Gasteiger partial charge is 0.221 e. The molecule has 0 N–H and O–H groups in total. The van der Waals surface area contributed by atoms with Crippen molar-refractivity contribution in [3.63, 3.8) is 0 Å². The molecule has 0 saturated heterocycles. The average molecular weight is 446 g/mol. The van der Waals surface area contributed by atoms with E-state index in [4.69, 9.17) is 0 Å². The number of Topliss-reactive ketones (excluding diaryl/α,β-unsaturated/α-hetero) is 2. The molecule has 0 aliphatic carbocycles. The number of hydrogen-bond donors (Lipinski definition) is 0. The lowest BCUT2D eigenvalue weighted by molar-refractivity contribution is -0.137. The summed E-state index contributed by atoms with van der Waals surface area (Å²) in [4.78, 5) is 24.9. The first-order valence-corrected chi connectivity index (χ1v) is 8.44. The van der Waals surface area contributed by atoms with E-state index in [1.54, 1.807) is 48.5 Å². The molecule has 0 aromatic heterocycles. The molecule has 2 aromatic carbocycles. The Morgan fingerprint density at radius 1 is 0.708 bits per heavy atom. The van der Waals surface area contributed by atoms with E-state index in [1.165, 1.54) is 0 Å². The van der Waals surface area contributed by atoms with Crippen molar-refractivity contribution in [1.82, 2.24) is 0 Å². The largest absolute Gasteiger partial charge is 0.289 e. The van der Waals surface area contributed by atoms with Gasteiger partial charge >= 0.3 is 0 Å². The SMILES string of the molecule is N#C[C@@H](C(=O)C(=O)[C@H](C#N)c1ccc(Br)cc1)c1ccc(Br)cc1. The molecule has 0 bridgehead atoms. The van der Waals surface area contributed by atoms with Crippen LogP contribution in [0.2, 0.25) is 0 Å². The zero-order valence-corrected chi connectivity index (χ0v) is 15.4. The van der Waals surface area contributed by atoms with Crippen molar-refractivity contribution in [1.29, 1.82) is 10.5 Å². The molecule has 2 aromatic rings. The normalized spacial score (nSPS) is 12.5. The van der Waals surface area contributed by atoms with Crippen molar-refractivity contribution in [3.05, 3.63) is 68.6 Å². The van der Waals surface area contributed by atoms with Gasteiger partial charge in [0.2, 0.25) is 11.6 Å². The number of carbonyl (C=O) groups is 2. The maximum atomic E-state index is 12.5. The summed E-state index contributed by atoms with van der Waals surface area (Å²) in [6, 6.07) is 16.9. The molecule has 2 atom stereocenters. The summed E-state index contributed by atoms with van der Waals surface area (Å²) < 4.78 is 1.60. The molecular weight excluding hydrogens is 436 g/mol. The van der Waals surface area contributed by atoms with E-state index in [0.29, 0.717) is 11.1 Å². The van der Waals surface area contributed by atoms with E-state index in [-0.39, 0.29) is 0 Å². The Hall–Kier alpha value is -2.28. The number of carbonyl (C=O) groups excluding carboxylic acids is 2. The first-order chi connectivity index (χ1) is 11.5. The van der Waals surface area contributed by atoms with Crippen LogP contribution >= 0.6 is 31.9 Å². The number of nitrogens with zero attached hydrogens (tertiary/aromatic N) is 2. The number of nitriles is 2. The lowest BCUT2D eigenvalue weighted by Gasteiger charge is -2.11. The predicted molar refractivity (Wildman–Crippen MR) is 95.0 cm³/mol. The number of hydrogen-bond acceptors (Lipinski definition) is 4. The molecule has 118 valence electrons. The number of rotatable bonds is 5. The fourth-order valence-corrected chi connectivity index (χ4v) is 2.69. The highest BCUT2D eigenvalue weighted by molar-refractivity contribution is 9.10. The van der Waals surface area contributed by atoms with Gasteiger partial charge in [-0.2, -0.15) is 10.5 Å². The Labute approximate surface area is 156 Å². The molecule has 0 saturated carbocycles. The van der Waals surface area contributed by atoms with Gasteiger partial charge in [0, 0.05) is 8.95 Å². The molecule has 0 aliphatic rings. The fraction of sp³-hybridized carbons (Fsp3) is 0.111. The van der Waals surface area contributed by atoms with Gasteiger partial charge in [-0.25, -0.2) is 0 Å². The third-order valence-electron chi connectivity index (χ3n) is 3.43. The monoisotopic (exact) mass is 444 g/mol. The van der Waals surface area contributed by atoms with Crippen LogP contribution in [-0.2, 0) is 9.59 Å². The molecule has 0 unspecified atom stereocenters. The topological polar surface area (TPSA) is 81.7 Å². The Bertz CT molecular complexity index is 773. The van der Waals surface area contributed by atoms with Crippen LogP contribution in [0.3, 0.4) is 0 Å². The molecule has 2 rings (SSSR count). The summed E-state index contributed by atoms with van der Waals surface area (Å²) in [6.45, 7) is 0. The standard InChI is InChI=1S/C18H10Br2N2O2/c19-13-5-1-11(2-6-13)15(9-21)17(23)18(24)16(10-22)12-3-7-14(20)8-4-12/h1-8,15-16H/t15-,16-/m1/s1. The third kappa shape index (κ3) is 3.97. The van der Waals surface area contributed by atoms with Crippen LogP contribution in [0.5, 0.6) is 0 Å². The van der Waals surface area contributed by atoms with Crippen LogP contribution in [0.1, 0.15) is 23.0 Å². The quantitative estimate of drug-likeness (QED) is 0.643. The summed E-state index contributed by atoms with van der Waals surface area (Å²) in [7, 11) is 0. The van der Waals surface area contributed by atoms with Crippen molar-refractivity contribution >= 4 is 43.4 Å². The molecule has 0 amide bonds. The molecule has 24 heavy (non-hydrogen) atoms. The molecule has 6 heteroatoms. The molecule has 0 radical (unpaired) electrons. The molecule has 4 nitrogen and oxygen atoms in total. The van der Waals surface area contributed by atoms with Gasteiger partial charge in [-0.15, -0.1) is 0 Å². The summed E-state index contributed by atoms with van der Waals surface area (Å²) in [5.74, 6) is -4.21. The number of benzene rings is 2. The molecule has 0 aliphatic heterocycles.